The van der Waals surface area contributed by atoms with Gasteiger partial charge in [-0.05, 0) is 30.0 Å². The molecule has 0 aliphatic carbocycles. The average molecular weight is 258 g/mol. The van der Waals surface area contributed by atoms with Gasteiger partial charge in [-0.15, -0.1) is 0 Å². The molecule has 3 heteroatoms. The lowest BCUT2D eigenvalue weighted by Crippen LogP contribution is -2.57. The molecule has 0 unspecified atom stereocenters. The van der Waals surface area contributed by atoms with E-state index in [2.05, 4.69) is 19.2 Å². The summed E-state index contributed by atoms with van der Waals surface area (Å²) in [6, 6.07) is 5.80. The Balaban J connectivity index is 2.20. The average Bonchev–Trinajstić information content (AvgIpc) is 2.13. The molecule has 2 rings (SSSR count). The molecule has 0 radical (unpaired) electrons. The molecule has 0 saturated carbocycles. The summed E-state index contributed by atoms with van der Waals surface area (Å²) in [5.74, 6) is 0.667. The molecule has 0 atom stereocenters. The van der Waals surface area contributed by atoms with Gasteiger partial charge in [-0.25, -0.2) is 0 Å². The van der Waals surface area contributed by atoms with Gasteiger partial charge in [-0.3, -0.25) is 0 Å². The highest BCUT2D eigenvalue weighted by molar-refractivity contribution is 6.35. The summed E-state index contributed by atoms with van der Waals surface area (Å²) in [5.41, 5.74) is 1.58. The highest BCUT2D eigenvalue weighted by Gasteiger charge is 2.40. The van der Waals surface area contributed by atoms with E-state index in [0.717, 1.165) is 24.5 Å². The summed E-state index contributed by atoms with van der Waals surface area (Å²) in [6.45, 7) is 6.74. The predicted molar refractivity (Wildman–Crippen MR) is 70.3 cm³/mol. The van der Waals surface area contributed by atoms with E-state index in [4.69, 9.17) is 23.2 Å². The smallest absolute Gasteiger partial charge is 0.0453 e. The summed E-state index contributed by atoms with van der Waals surface area (Å²) in [7, 11) is 0. The van der Waals surface area contributed by atoms with Crippen molar-refractivity contribution in [2.45, 2.75) is 20.3 Å². The Bertz CT molecular complexity index is 384. The van der Waals surface area contributed by atoms with E-state index in [1.807, 2.05) is 18.2 Å². The van der Waals surface area contributed by atoms with Crippen LogP contribution in [0.1, 0.15) is 19.4 Å². The first kappa shape index (κ1) is 12.2. The van der Waals surface area contributed by atoms with Crippen LogP contribution in [0.15, 0.2) is 18.2 Å². The van der Waals surface area contributed by atoms with Gasteiger partial charge < -0.3 is 5.32 Å². The first-order chi connectivity index (χ1) is 7.53. The highest BCUT2D eigenvalue weighted by atomic mass is 35.5. The van der Waals surface area contributed by atoms with Crippen LogP contribution in [0.5, 0.6) is 0 Å². The van der Waals surface area contributed by atoms with Crippen LogP contribution in [0.4, 0.5) is 0 Å². The second-order valence-corrected chi connectivity index (χ2v) is 5.88. The van der Waals surface area contributed by atoms with Gasteiger partial charge in [-0.2, -0.15) is 0 Å². The van der Waals surface area contributed by atoms with Crippen LogP contribution in [0.3, 0.4) is 0 Å². The van der Waals surface area contributed by atoms with E-state index in [1.54, 1.807) is 0 Å². The molecule has 1 nitrogen and oxygen atoms in total. The van der Waals surface area contributed by atoms with Gasteiger partial charge in [0.25, 0.3) is 0 Å². The van der Waals surface area contributed by atoms with Gasteiger partial charge in [0.15, 0.2) is 0 Å². The molecule has 1 saturated heterocycles. The monoisotopic (exact) mass is 257 g/mol. The van der Waals surface area contributed by atoms with Gasteiger partial charge >= 0.3 is 0 Å². The Morgan fingerprint density at radius 3 is 2.44 bits per heavy atom. The summed E-state index contributed by atoms with van der Waals surface area (Å²) >= 11 is 12.1. The molecule has 16 heavy (non-hydrogen) atoms. The Kier molecular flexibility index (Phi) is 3.48. The number of benzene rings is 1. The molecule has 1 aliphatic heterocycles. The predicted octanol–water partition coefficient (Wildman–Crippen LogP) is 3.78. The van der Waals surface area contributed by atoms with E-state index in [1.165, 1.54) is 5.56 Å². The third kappa shape index (κ3) is 2.22. The second-order valence-electron chi connectivity index (χ2n) is 5.03. The minimum absolute atomic E-state index is 0.372. The molecule has 0 spiro atoms. The van der Waals surface area contributed by atoms with Crippen LogP contribution in [0, 0.1) is 11.3 Å². The molecule has 1 aromatic rings. The van der Waals surface area contributed by atoms with Crippen molar-refractivity contribution in [3.8, 4) is 0 Å². The number of hydrogen-bond donors (Lipinski definition) is 1. The minimum atomic E-state index is 0.372. The molecule has 1 aromatic carbocycles. The number of nitrogens with one attached hydrogen (secondary N) is 1. The summed E-state index contributed by atoms with van der Waals surface area (Å²) in [4.78, 5) is 0. The minimum Gasteiger partial charge on any atom is -0.315 e. The third-order valence-corrected chi connectivity index (χ3v) is 4.32. The van der Waals surface area contributed by atoms with Crippen LogP contribution in [-0.4, -0.2) is 13.1 Å². The zero-order valence-corrected chi connectivity index (χ0v) is 11.2. The zero-order valence-electron chi connectivity index (χ0n) is 9.69. The molecular weight excluding hydrogens is 241 g/mol. The summed E-state index contributed by atoms with van der Waals surface area (Å²) in [6.07, 6.45) is 1.04. The molecule has 1 aliphatic rings. The van der Waals surface area contributed by atoms with Gasteiger partial charge in [-0.1, -0.05) is 43.1 Å². The largest absolute Gasteiger partial charge is 0.315 e. The molecular formula is C13H17Cl2N. The number of halogens is 2. The molecule has 1 fully saturated rings. The van der Waals surface area contributed by atoms with E-state index >= 15 is 0 Å². The Hall–Kier alpha value is -0.240. The molecule has 1 heterocycles. The standard InChI is InChI=1S/C13H17Cl2N/c1-9(2)13(7-16-8-13)6-10-3-4-11(14)5-12(10)15/h3-5,9,16H,6-8H2,1-2H3. The van der Waals surface area contributed by atoms with Crippen LogP contribution >= 0.6 is 23.2 Å². The van der Waals surface area contributed by atoms with Crippen molar-refractivity contribution in [3.63, 3.8) is 0 Å². The van der Waals surface area contributed by atoms with Gasteiger partial charge in [0.05, 0.1) is 0 Å². The fourth-order valence-corrected chi connectivity index (χ4v) is 2.70. The Morgan fingerprint density at radius 1 is 1.31 bits per heavy atom. The van der Waals surface area contributed by atoms with Crippen molar-refractivity contribution in [1.29, 1.82) is 0 Å². The van der Waals surface area contributed by atoms with Crippen LogP contribution in [0.25, 0.3) is 0 Å². The molecule has 88 valence electrons. The van der Waals surface area contributed by atoms with Gasteiger partial charge in [0.2, 0.25) is 0 Å². The lowest BCUT2D eigenvalue weighted by molar-refractivity contribution is 0.0995. The maximum absolute atomic E-state index is 6.22. The molecule has 1 N–H and O–H groups in total. The topological polar surface area (TPSA) is 12.0 Å². The van der Waals surface area contributed by atoms with Gasteiger partial charge in [0.1, 0.15) is 0 Å². The zero-order chi connectivity index (χ0) is 11.8. The fraction of sp³-hybridized carbons (Fsp3) is 0.538. The quantitative estimate of drug-likeness (QED) is 0.869. The van der Waals surface area contributed by atoms with Crippen molar-refractivity contribution in [3.05, 3.63) is 33.8 Å². The fourth-order valence-electron chi connectivity index (χ4n) is 2.23. The van der Waals surface area contributed by atoms with Crippen molar-refractivity contribution >= 4 is 23.2 Å². The lowest BCUT2D eigenvalue weighted by Gasteiger charge is -2.46. The number of hydrogen-bond acceptors (Lipinski definition) is 1. The molecule has 0 amide bonds. The third-order valence-electron chi connectivity index (χ3n) is 3.74. The first-order valence-corrected chi connectivity index (χ1v) is 6.44. The summed E-state index contributed by atoms with van der Waals surface area (Å²) < 4.78 is 0. The van der Waals surface area contributed by atoms with Crippen molar-refractivity contribution < 1.29 is 0 Å². The molecule has 0 aromatic heterocycles. The van der Waals surface area contributed by atoms with Gasteiger partial charge in [0, 0.05) is 28.5 Å². The summed E-state index contributed by atoms with van der Waals surface area (Å²) in [5, 5.41) is 4.86. The Labute approximate surface area is 107 Å². The molecule has 0 bridgehead atoms. The van der Waals surface area contributed by atoms with Crippen LogP contribution < -0.4 is 5.32 Å². The SMILES string of the molecule is CC(C)C1(Cc2ccc(Cl)cc2Cl)CNC1. The van der Waals surface area contributed by atoms with E-state index in [9.17, 15) is 0 Å². The highest BCUT2D eigenvalue weighted by Crippen LogP contribution is 2.37. The Morgan fingerprint density at radius 2 is 2.00 bits per heavy atom. The van der Waals surface area contributed by atoms with E-state index in [0.29, 0.717) is 16.4 Å². The normalized spacial score (nSPS) is 18.6. The maximum Gasteiger partial charge on any atom is 0.0453 e. The van der Waals surface area contributed by atoms with Crippen LogP contribution in [0.2, 0.25) is 10.0 Å². The van der Waals surface area contributed by atoms with Crippen molar-refractivity contribution in [2.24, 2.45) is 11.3 Å². The van der Waals surface area contributed by atoms with Crippen molar-refractivity contribution in [1.82, 2.24) is 5.32 Å². The maximum atomic E-state index is 6.22. The van der Waals surface area contributed by atoms with Crippen LogP contribution in [-0.2, 0) is 6.42 Å². The lowest BCUT2D eigenvalue weighted by atomic mass is 9.68. The van der Waals surface area contributed by atoms with Crippen molar-refractivity contribution in [2.75, 3.05) is 13.1 Å². The second kappa shape index (κ2) is 4.56. The van der Waals surface area contributed by atoms with E-state index in [-0.39, 0.29) is 0 Å². The van der Waals surface area contributed by atoms with E-state index < -0.39 is 0 Å². The first-order valence-electron chi connectivity index (χ1n) is 5.68. The number of rotatable bonds is 3.